The number of aryl methyl sites for hydroxylation is 1. The summed E-state index contributed by atoms with van der Waals surface area (Å²) < 4.78 is 35.6. The maximum Gasteiger partial charge on any atom is 0.251 e. The highest BCUT2D eigenvalue weighted by molar-refractivity contribution is 5.96. The van der Waals surface area contributed by atoms with Gasteiger partial charge in [0, 0.05) is 48.3 Å². The number of ether oxygens (including phenoxy) is 1. The molecule has 8 nitrogen and oxygen atoms in total. The van der Waals surface area contributed by atoms with Gasteiger partial charge < -0.3 is 20.7 Å². The molecule has 1 amide bonds. The Labute approximate surface area is 212 Å². The Bertz CT molecular complexity index is 1510. The van der Waals surface area contributed by atoms with Gasteiger partial charge in [-0.2, -0.15) is 4.39 Å². The maximum atomic E-state index is 14.8. The molecule has 3 atom stereocenters. The zero-order chi connectivity index (χ0) is 25.7. The number of nitrogens with zero attached hydrogens (tertiary/aromatic N) is 3. The van der Waals surface area contributed by atoms with Crippen LogP contribution in [-0.2, 0) is 6.42 Å². The van der Waals surface area contributed by atoms with Crippen LogP contribution >= 0.6 is 0 Å². The Morgan fingerprint density at radius 3 is 2.73 bits per heavy atom. The molecule has 3 heterocycles. The van der Waals surface area contributed by atoms with Crippen molar-refractivity contribution in [2.45, 2.75) is 19.4 Å². The summed E-state index contributed by atoms with van der Waals surface area (Å²) >= 11 is 0. The summed E-state index contributed by atoms with van der Waals surface area (Å²) in [6, 6.07) is 8.67. The van der Waals surface area contributed by atoms with Crippen LogP contribution in [0.1, 0.15) is 22.8 Å². The van der Waals surface area contributed by atoms with Crippen molar-refractivity contribution in [1.29, 1.82) is 0 Å². The van der Waals surface area contributed by atoms with Crippen LogP contribution in [-0.4, -0.2) is 46.5 Å². The minimum Gasteiger partial charge on any atom is -0.494 e. The fourth-order valence-electron chi connectivity index (χ4n) is 5.28. The van der Waals surface area contributed by atoms with Gasteiger partial charge in [-0.15, -0.1) is 0 Å². The second kappa shape index (κ2) is 9.11. The molecule has 37 heavy (non-hydrogen) atoms. The molecule has 190 valence electrons. The number of piperidine rings is 1. The van der Waals surface area contributed by atoms with Crippen molar-refractivity contribution >= 4 is 23.1 Å². The van der Waals surface area contributed by atoms with Crippen molar-refractivity contribution in [3.8, 4) is 17.0 Å². The number of hydrogen-bond donors (Lipinski definition) is 3. The zero-order valence-electron chi connectivity index (χ0n) is 20.4. The SMILES string of the molecule is CCc1cc(Nc2nccn3c(-c4ccc(OC)c(F)c4F)cnc23)ccc1C(=O)N[C@H]1[C@@H]2CNC[C@@H]21. The van der Waals surface area contributed by atoms with Gasteiger partial charge in [-0.25, -0.2) is 14.4 Å². The number of aromatic nitrogens is 3. The van der Waals surface area contributed by atoms with Crippen LogP contribution in [0.4, 0.5) is 20.3 Å². The summed E-state index contributed by atoms with van der Waals surface area (Å²) in [5, 5.41) is 9.78. The van der Waals surface area contributed by atoms with Gasteiger partial charge in [0.2, 0.25) is 5.82 Å². The van der Waals surface area contributed by atoms with Gasteiger partial charge in [-0.3, -0.25) is 9.20 Å². The summed E-state index contributed by atoms with van der Waals surface area (Å²) in [7, 11) is 1.29. The van der Waals surface area contributed by atoms with E-state index in [9.17, 15) is 13.6 Å². The number of hydrogen-bond acceptors (Lipinski definition) is 6. The normalized spacial score (nSPS) is 20.1. The third kappa shape index (κ3) is 3.97. The van der Waals surface area contributed by atoms with E-state index < -0.39 is 11.6 Å². The van der Waals surface area contributed by atoms with Crippen molar-refractivity contribution < 1.29 is 18.3 Å². The minimum atomic E-state index is -1.06. The van der Waals surface area contributed by atoms with E-state index in [0.29, 0.717) is 41.0 Å². The van der Waals surface area contributed by atoms with Crippen molar-refractivity contribution in [2.75, 3.05) is 25.5 Å². The van der Waals surface area contributed by atoms with Crippen LogP contribution in [0.3, 0.4) is 0 Å². The average Bonchev–Trinajstić information content (AvgIpc) is 3.25. The van der Waals surface area contributed by atoms with Crippen LogP contribution < -0.4 is 20.7 Å². The number of fused-ring (bicyclic) bond motifs is 2. The molecular weight excluding hydrogens is 478 g/mol. The van der Waals surface area contributed by atoms with Crippen LogP contribution in [0.25, 0.3) is 16.9 Å². The number of rotatable bonds is 7. The summed E-state index contributed by atoms with van der Waals surface area (Å²) in [6.45, 7) is 3.94. The lowest BCUT2D eigenvalue weighted by molar-refractivity contribution is 0.0945. The molecule has 1 saturated carbocycles. The molecule has 10 heteroatoms. The summed E-state index contributed by atoms with van der Waals surface area (Å²) in [4.78, 5) is 21.7. The molecule has 2 aliphatic rings. The molecule has 2 fully saturated rings. The highest BCUT2D eigenvalue weighted by Gasteiger charge is 2.53. The molecule has 2 aromatic carbocycles. The van der Waals surface area contributed by atoms with E-state index in [1.807, 2.05) is 25.1 Å². The summed E-state index contributed by atoms with van der Waals surface area (Å²) in [5.74, 6) is -0.747. The molecule has 1 aliphatic heterocycles. The minimum absolute atomic E-state index is 0.0466. The average molecular weight is 505 g/mol. The van der Waals surface area contributed by atoms with E-state index in [1.165, 1.54) is 25.4 Å². The van der Waals surface area contributed by atoms with Crippen LogP contribution in [0, 0.1) is 23.5 Å². The topological polar surface area (TPSA) is 92.6 Å². The number of benzene rings is 2. The number of carbonyl (C=O) groups is 1. The highest BCUT2D eigenvalue weighted by Crippen LogP contribution is 2.41. The van der Waals surface area contributed by atoms with E-state index >= 15 is 0 Å². The lowest BCUT2D eigenvalue weighted by Gasteiger charge is -2.13. The molecular formula is C27H26F2N6O2. The molecule has 0 radical (unpaired) electrons. The van der Waals surface area contributed by atoms with E-state index in [4.69, 9.17) is 4.74 Å². The number of nitrogens with one attached hydrogen (secondary N) is 3. The van der Waals surface area contributed by atoms with E-state index in [1.54, 1.807) is 16.8 Å². The molecule has 0 unspecified atom stereocenters. The van der Waals surface area contributed by atoms with Gasteiger partial charge >= 0.3 is 0 Å². The first-order valence-electron chi connectivity index (χ1n) is 12.3. The predicted octanol–water partition coefficient (Wildman–Crippen LogP) is 3.94. The lowest BCUT2D eigenvalue weighted by atomic mass is 10.0. The third-order valence-corrected chi connectivity index (χ3v) is 7.35. The first-order chi connectivity index (χ1) is 18.0. The van der Waals surface area contributed by atoms with Gasteiger partial charge in [-0.1, -0.05) is 6.92 Å². The standard InChI is InChI=1S/C27H26F2N6O2/c1-3-14-10-15(4-5-16(14)27(36)34-24-18-11-30-12-19(18)24)33-25-26-32-13-20(35(26)9-8-31-25)17-6-7-21(37-2)23(29)22(17)28/h4-10,13,18-19,24,30H,3,11-12H2,1-2H3,(H,31,33)(H,34,36)/t18-,19+,24+. The maximum absolute atomic E-state index is 14.8. The van der Waals surface area contributed by atoms with Gasteiger partial charge in [-0.05, 0) is 54.2 Å². The number of halogens is 2. The number of imidazole rings is 1. The largest absolute Gasteiger partial charge is 0.494 e. The van der Waals surface area contributed by atoms with Crippen molar-refractivity contribution in [1.82, 2.24) is 25.0 Å². The first-order valence-corrected chi connectivity index (χ1v) is 12.3. The van der Waals surface area contributed by atoms with Gasteiger partial charge in [0.1, 0.15) is 0 Å². The molecule has 1 aliphatic carbocycles. The summed E-state index contributed by atoms with van der Waals surface area (Å²) in [6.07, 6.45) is 5.35. The predicted molar refractivity (Wildman–Crippen MR) is 135 cm³/mol. The third-order valence-electron chi connectivity index (χ3n) is 7.35. The Kier molecular flexibility index (Phi) is 5.75. The molecule has 2 aromatic heterocycles. The van der Waals surface area contributed by atoms with Gasteiger partial charge in [0.25, 0.3) is 5.91 Å². The fourth-order valence-corrected chi connectivity index (χ4v) is 5.28. The molecule has 0 bridgehead atoms. The smallest absolute Gasteiger partial charge is 0.251 e. The molecule has 0 spiro atoms. The summed E-state index contributed by atoms with van der Waals surface area (Å²) in [5.41, 5.74) is 3.20. The van der Waals surface area contributed by atoms with Crippen molar-refractivity contribution in [3.63, 3.8) is 0 Å². The Morgan fingerprint density at radius 2 is 1.97 bits per heavy atom. The monoisotopic (exact) mass is 504 g/mol. The van der Waals surface area contributed by atoms with Gasteiger partial charge in [0.15, 0.2) is 23.0 Å². The number of methoxy groups -OCH3 is 1. The second-order valence-corrected chi connectivity index (χ2v) is 9.39. The number of carbonyl (C=O) groups excluding carboxylic acids is 1. The number of amides is 1. The molecule has 6 rings (SSSR count). The van der Waals surface area contributed by atoms with E-state index in [2.05, 4.69) is 25.9 Å². The van der Waals surface area contributed by atoms with Crippen LogP contribution in [0.2, 0.25) is 0 Å². The van der Waals surface area contributed by atoms with E-state index in [-0.39, 0.29) is 23.3 Å². The Morgan fingerprint density at radius 1 is 1.16 bits per heavy atom. The fraction of sp³-hybridized carbons (Fsp3) is 0.296. The van der Waals surface area contributed by atoms with E-state index in [0.717, 1.165) is 24.3 Å². The number of anilines is 2. The Hall–Kier alpha value is -4.05. The van der Waals surface area contributed by atoms with Crippen molar-refractivity contribution in [2.24, 2.45) is 11.8 Å². The first kappa shape index (κ1) is 23.4. The molecule has 3 N–H and O–H groups in total. The van der Waals surface area contributed by atoms with Crippen LogP contribution in [0.5, 0.6) is 5.75 Å². The van der Waals surface area contributed by atoms with Crippen LogP contribution in [0.15, 0.2) is 48.9 Å². The zero-order valence-corrected chi connectivity index (χ0v) is 20.4. The lowest BCUT2D eigenvalue weighted by Crippen LogP contribution is -2.33. The second-order valence-electron chi connectivity index (χ2n) is 9.39. The van der Waals surface area contributed by atoms with Gasteiger partial charge in [0.05, 0.1) is 19.0 Å². The quantitative estimate of drug-likeness (QED) is 0.353. The molecule has 1 saturated heterocycles. The highest BCUT2D eigenvalue weighted by atomic mass is 19.2. The Balaban J connectivity index is 1.27. The van der Waals surface area contributed by atoms with Crippen molar-refractivity contribution in [3.05, 3.63) is 71.7 Å². The molecule has 4 aromatic rings.